The molecule has 0 bridgehead atoms. The zero-order chi connectivity index (χ0) is 14.9. The van der Waals surface area contributed by atoms with Crippen LogP contribution in [0.25, 0.3) is 0 Å². The van der Waals surface area contributed by atoms with Crippen LogP contribution in [0.1, 0.15) is 11.3 Å². The maximum absolute atomic E-state index is 11.6. The SMILES string of the molecule is O=C(CNC(=S)NCc1ccccc1)NCc1ccco1. The molecule has 0 saturated heterocycles. The van der Waals surface area contributed by atoms with E-state index in [2.05, 4.69) is 16.0 Å². The van der Waals surface area contributed by atoms with E-state index in [0.29, 0.717) is 24.0 Å². The van der Waals surface area contributed by atoms with Crippen molar-refractivity contribution in [2.75, 3.05) is 6.54 Å². The van der Waals surface area contributed by atoms with E-state index in [4.69, 9.17) is 16.6 Å². The Bertz CT molecular complexity index is 570. The molecule has 0 radical (unpaired) electrons. The minimum absolute atomic E-state index is 0.126. The summed E-state index contributed by atoms with van der Waals surface area (Å²) in [6.45, 7) is 1.12. The molecule has 0 fully saturated rings. The van der Waals surface area contributed by atoms with Crippen molar-refractivity contribution in [2.45, 2.75) is 13.1 Å². The summed E-state index contributed by atoms with van der Waals surface area (Å²) in [5.41, 5.74) is 1.13. The highest BCUT2D eigenvalue weighted by Crippen LogP contribution is 1.98. The number of benzene rings is 1. The fourth-order valence-electron chi connectivity index (χ4n) is 1.66. The number of carbonyl (C=O) groups is 1. The Hall–Kier alpha value is -2.34. The standard InChI is InChI=1S/C15H17N3O2S/c19-14(16-10-13-7-4-8-20-13)11-18-15(21)17-9-12-5-2-1-3-6-12/h1-8H,9-11H2,(H,16,19)(H2,17,18,21). The molecule has 1 amide bonds. The first-order valence-corrected chi connectivity index (χ1v) is 6.99. The van der Waals surface area contributed by atoms with Crippen molar-refractivity contribution in [3.63, 3.8) is 0 Å². The second-order valence-corrected chi connectivity index (χ2v) is 4.79. The number of thiocarbonyl (C=S) groups is 1. The van der Waals surface area contributed by atoms with Crippen LogP contribution in [0.4, 0.5) is 0 Å². The number of hydrogen-bond acceptors (Lipinski definition) is 3. The molecule has 0 saturated carbocycles. The Morgan fingerprint density at radius 1 is 1.00 bits per heavy atom. The molecule has 1 aromatic carbocycles. The minimum Gasteiger partial charge on any atom is -0.467 e. The average Bonchev–Trinajstić information content (AvgIpc) is 3.03. The molecule has 6 heteroatoms. The highest BCUT2D eigenvalue weighted by molar-refractivity contribution is 7.80. The van der Waals surface area contributed by atoms with Crippen LogP contribution < -0.4 is 16.0 Å². The summed E-state index contributed by atoms with van der Waals surface area (Å²) >= 11 is 5.11. The average molecular weight is 303 g/mol. The summed E-state index contributed by atoms with van der Waals surface area (Å²) in [6, 6.07) is 13.5. The van der Waals surface area contributed by atoms with Gasteiger partial charge in [0, 0.05) is 6.54 Å². The Labute approximate surface area is 128 Å². The topological polar surface area (TPSA) is 66.3 Å². The van der Waals surface area contributed by atoms with Crippen LogP contribution in [-0.4, -0.2) is 17.6 Å². The summed E-state index contributed by atoms with van der Waals surface area (Å²) < 4.78 is 5.12. The largest absolute Gasteiger partial charge is 0.467 e. The van der Waals surface area contributed by atoms with Crippen molar-refractivity contribution < 1.29 is 9.21 Å². The van der Waals surface area contributed by atoms with E-state index in [1.54, 1.807) is 18.4 Å². The molecule has 0 aliphatic carbocycles. The van der Waals surface area contributed by atoms with Crippen LogP contribution in [0.5, 0.6) is 0 Å². The van der Waals surface area contributed by atoms with Crippen LogP contribution in [0.15, 0.2) is 53.1 Å². The molecule has 5 nitrogen and oxygen atoms in total. The lowest BCUT2D eigenvalue weighted by atomic mass is 10.2. The highest BCUT2D eigenvalue weighted by atomic mass is 32.1. The Morgan fingerprint density at radius 3 is 2.52 bits per heavy atom. The second kappa shape index (κ2) is 8.06. The van der Waals surface area contributed by atoms with E-state index in [1.165, 1.54) is 0 Å². The number of furan rings is 1. The van der Waals surface area contributed by atoms with Crippen molar-refractivity contribution in [3.05, 3.63) is 60.1 Å². The lowest BCUT2D eigenvalue weighted by Crippen LogP contribution is -2.41. The van der Waals surface area contributed by atoms with Crippen molar-refractivity contribution >= 4 is 23.2 Å². The zero-order valence-corrected chi connectivity index (χ0v) is 12.3. The van der Waals surface area contributed by atoms with Gasteiger partial charge in [0.05, 0.1) is 19.4 Å². The van der Waals surface area contributed by atoms with Gasteiger partial charge in [-0.3, -0.25) is 4.79 Å². The van der Waals surface area contributed by atoms with Gasteiger partial charge in [-0.15, -0.1) is 0 Å². The van der Waals surface area contributed by atoms with Gasteiger partial charge in [-0.1, -0.05) is 30.3 Å². The molecule has 2 aromatic rings. The highest BCUT2D eigenvalue weighted by Gasteiger charge is 2.03. The third-order valence-corrected chi connectivity index (χ3v) is 3.03. The van der Waals surface area contributed by atoms with Gasteiger partial charge in [0.15, 0.2) is 5.11 Å². The fourth-order valence-corrected chi connectivity index (χ4v) is 1.81. The van der Waals surface area contributed by atoms with Gasteiger partial charge < -0.3 is 20.4 Å². The first-order valence-electron chi connectivity index (χ1n) is 6.59. The maximum atomic E-state index is 11.6. The maximum Gasteiger partial charge on any atom is 0.239 e. The van der Waals surface area contributed by atoms with E-state index < -0.39 is 0 Å². The van der Waals surface area contributed by atoms with E-state index in [9.17, 15) is 4.79 Å². The van der Waals surface area contributed by atoms with Crippen molar-refractivity contribution in [3.8, 4) is 0 Å². The molecular weight excluding hydrogens is 286 g/mol. The molecule has 110 valence electrons. The first kappa shape index (κ1) is 15.1. The lowest BCUT2D eigenvalue weighted by molar-refractivity contribution is -0.120. The molecule has 1 heterocycles. The van der Waals surface area contributed by atoms with Gasteiger partial charge in [0.1, 0.15) is 5.76 Å². The van der Waals surface area contributed by atoms with Crippen LogP contribution in [-0.2, 0) is 17.9 Å². The predicted octanol–water partition coefficient (Wildman–Crippen LogP) is 1.56. The molecule has 0 atom stereocenters. The molecule has 3 N–H and O–H groups in total. The molecule has 0 spiro atoms. The van der Waals surface area contributed by atoms with Crippen LogP contribution in [0.2, 0.25) is 0 Å². The monoisotopic (exact) mass is 303 g/mol. The summed E-state index contributed by atoms with van der Waals surface area (Å²) in [6.07, 6.45) is 1.57. The summed E-state index contributed by atoms with van der Waals surface area (Å²) in [7, 11) is 0. The number of amides is 1. The first-order chi connectivity index (χ1) is 10.2. The van der Waals surface area contributed by atoms with E-state index >= 15 is 0 Å². The molecule has 0 aliphatic rings. The Morgan fingerprint density at radius 2 is 1.81 bits per heavy atom. The molecule has 2 rings (SSSR count). The van der Waals surface area contributed by atoms with Gasteiger partial charge in [0.2, 0.25) is 5.91 Å². The smallest absolute Gasteiger partial charge is 0.239 e. The molecule has 0 aliphatic heterocycles. The lowest BCUT2D eigenvalue weighted by Gasteiger charge is -2.10. The predicted molar refractivity (Wildman–Crippen MR) is 84.4 cm³/mol. The number of nitrogens with one attached hydrogen (secondary N) is 3. The normalized spacial score (nSPS) is 9.90. The fraction of sp³-hybridized carbons (Fsp3) is 0.200. The molecular formula is C15H17N3O2S. The second-order valence-electron chi connectivity index (χ2n) is 4.38. The summed E-state index contributed by atoms with van der Waals surface area (Å²) in [5.74, 6) is 0.573. The van der Waals surface area contributed by atoms with Crippen molar-refractivity contribution in [1.82, 2.24) is 16.0 Å². The minimum atomic E-state index is -0.143. The number of hydrogen-bond donors (Lipinski definition) is 3. The number of carbonyl (C=O) groups excluding carboxylic acids is 1. The molecule has 1 aromatic heterocycles. The van der Waals surface area contributed by atoms with Gasteiger partial charge in [0.25, 0.3) is 0 Å². The number of rotatable bonds is 6. The van der Waals surface area contributed by atoms with Gasteiger partial charge >= 0.3 is 0 Å². The Kier molecular flexibility index (Phi) is 5.78. The zero-order valence-electron chi connectivity index (χ0n) is 11.5. The van der Waals surface area contributed by atoms with Crippen LogP contribution in [0, 0.1) is 0 Å². The van der Waals surface area contributed by atoms with Gasteiger partial charge in [-0.2, -0.15) is 0 Å². The Balaban J connectivity index is 1.61. The van der Waals surface area contributed by atoms with E-state index in [1.807, 2.05) is 30.3 Å². The van der Waals surface area contributed by atoms with Crippen LogP contribution >= 0.6 is 12.2 Å². The quantitative estimate of drug-likeness (QED) is 0.707. The van der Waals surface area contributed by atoms with Crippen LogP contribution in [0.3, 0.4) is 0 Å². The molecule has 0 unspecified atom stereocenters. The van der Waals surface area contributed by atoms with Gasteiger partial charge in [-0.25, -0.2) is 0 Å². The third-order valence-electron chi connectivity index (χ3n) is 2.75. The summed E-state index contributed by atoms with van der Waals surface area (Å²) in [5, 5.41) is 9.09. The van der Waals surface area contributed by atoms with Crippen molar-refractivity contribution in [2.24, 2.45) is 0 Å². The summed E-state index contributed by atoms with van der Waals surface area (Å²) in [4.78, 5) is 11.6. The van der Waals surface area contributed by atoms with Gasteiger partial charge in [-0.05, 0) is 29.9 Å². The van der Waals surface area contributed by atoms with E-state index in [-0.39, 0.29) is 12.5 Å². The van der Waals surface area contributed by atoms with Crippen molar-refractivity contribution in [1.29, 1.82) is 0 Å². The third kappa shape index (κ3) is 5.66. The van der Waals surface area contributed by atoms with E-state index in [0.717, 1.165) is 5.56 Å². The molecule has 21 heavy (non-hydrogen) atoms.